The molecule has 2 rings (SSSR count). The topological polar surface area (TPSA) is 0 Å². The number of rotatable bonds is 2. The highest BCUT2D eigenvalue weighted by molar-refractivity contribution is 4.89. The average Bonchev–Trinajstić information content (AvgIpc) is 2.48. The summed E-state index contributed by atoms with van der Waals surface area (Å²) in [5.74, 6) is 3.45. The van der Waals surface area contributed by atoms with Crippen LogP contribution >= 0.6 is 0 Å². The summed E-state index contributed by atoms with van der Waals surface area (Å²) in [6.07, 6.45) is 9.22. The Morgan fingerprint density at radius 3 is 2.60 bits per heavy atom. The SMILES string of the molecule is CCC[C@H]1CC2CCC1C2. The van der Waals surface area contributed by atoms with E-state index in [-0.39, 0.29) is 0 Å². The van der Waals surface area contributed by atoms with Crippen molar-refractivity contribution < 1.29 is 0 Å². The van der Waals surface area contributed by atoms with Crippen LogP contribution in [0.1, 0.15) is 45.4 Å². The summed E-state index contributed by atoms with van der Waals surface area (Å²) in [5.41, 5.74) is 0. The number of fused-ring (bicyclic) bond motifs is 2. The van der Waals surface area contributed by atoms with E-state index in [1.807, 2.05) is 0 Å². The second kappa shape index (κ2) is 2.56. The lowest BCUT2D eigenvalue weighted by Crippen LogP contribution is -2.09. The Kier molecular flexibility index (Phi) is 1.71. The molecule has 2 bridgehead atoms. The Balaban J connectivity index is 1.90. The smallest absolute Gasteiger partial charge is 0.0383 e. The molecule has 0 heterocycles. The molecule has 0 spiro atoms. The molecule has 58 valence electrons. The van der Waals surface area contributed by atoms with E-state index in [9.17, 15) is 0 Å². The van der Waals surface area contributed by atoms with E-state index in [1.165, 1.54) is 12.8 Å². The molecule has 2 aliphatic carbocycles. The van der Waals surface area contributed by atoms with Gasteiger partial charge in [-0.25, -0.2) is 0 Å². The molecule has 0 radical (unpaired) electrons. The van der Waals surface area contributed by atoms with E-state index in [4.69, 9.17) is 0 Å². The van der Waals surface area contributed by atoms with Crippen LogP contribution in [-0.4, -0.2) is 0 Å². The fourth-order valence-corrected chi connectivity index (χ4v) is 3.10. The van der Waals surface area contributed by atoms with Crippen LogP contribution in [0.3, 0.4) is 0 Å². The Morgan fingerprint density at radius 2 is 2.10 bits per heavy atom. The average molecular weight is 138 g/mol. The van der Waals surface area contributed by atoms with E-state index in [0.29, 0.717) is 0 Å². The second-order valence-electron chi connectivity index (χ2n) is 4.22. The molecule has 0 heteroatoms. The van der Waals surface area contributed by atoms with Gasteiger partial charge in [-0.3, -0.25) is 0 Å². The number of hydrogen-bond donors (Lipinski definition) is 0. The van der Waals surface area contributed by atoms with Crippen molar-refractivity contribution in [2.45, 2.75) is 45.4 Å². The summed E-state index contributed by atoms with van der Waals surface area (Å²) in [6, 6.07) is 0. The van der Waals surface area contributed by atoms with Crippen LogP contribution in [-0.2, 0) is 0 Å². The third kappa shape index (κ3) is 0.980. The summed E-state index contributed by atoms with van der Waals surface area (Å²) in [4.78, 5) is 0. The normalized spacial score (nSPS) is 44.7. The van der Waals surface area contributed by atoms with E-state index >= 15 is 0 Å². The van der Waals surface area contributed by atoms with Crippen LogP contribution < -0.4 is 0 Å². The molecule has 0 N–H and O–H groups in total. The molecule has 0 saturated heterocycles. The lowest BCUT2D eigenvalue weighted by atomic mass is 9.86. The summed E-state index contributed by atoms with van der Waals surface area (Å²) < 4.78 is 0. The molecular weight excluding hydrogens is 120 g/mol. The zero-order chi connectivity index (χ0) is 6.97. The molecule has 0 aromatic rings. The zero-order valence-corrected chi connectivity index (χ0v) is 6.97. The summed E-state index contributed by atoms with van der Waals surface area (Å²) in [6.45, 7) is 2.33. The van der Waals surface area contributed by atoms with Crippen LogP contribution in [0.4, 0.5) is 0 Å². The molecule has 2 aliphatic rings. The fraction of sp³-hybridized carbons (Fsp3) is 1.00. The van der Waals surface area contributed by atoms with Gasteiger partial charge in [0.1, 0.15) is 0 Å². The van der Waals surface area contributed by atoms with Crippen LogP contribution in [0.2, 0.25) is 0 Å². The first kappa shape index (κ1) is 6.69. The Labute approximate surface area is 64.0 Å². The van der Waals surface area contributed by atoms with Crippen LogP contribution in [0.5, 0.6) is 0 Å². The van der Waals surface area contributed by atoms with Gasteiger partial charge in [-0.15, -0.1) is 0 Å². The van der Waals surface area contributed by atoms with Gasteiger partial charge in [0, 0.05) is 0 Å². The van der Waals surface area contributed by atoms with E-state index in [2.05, 4.69) is 6.92 Å². The molecule has 10 heavy (non-hydrogen) atoms. The van der Waals surface area contributed by atoms with Gasteiger partial charge in [-0.05, 0) is 37.0 Å². The minimum absolute atomic E-state index is 1.14. The van der Waals surface area contributed by atoms with Gasteiger partial charge in [0.05, 0.1) is 0 Å². The maximum atomic E-state index is 2.33. The molecular formula is C10H18. The van der Waals surface area contributed by atoms with Crippen molar-refractivity contribution in [3.8, 4) is 0 Å². The fourth-order valence-electron chi connectivity index (χ4n) is 3.10. The quantitative estimate of drug-likeness (QED) is 0.549. The van der Waals surface area contributed by atoms with Crippen molar-refractivity contribution in [1.29, 1.82) is 0 Å². The third-order valence-electron chi connectivity index (χ3n) is 3.54. The van der Waals surface area contributed by atoms with E-state index in [1.54, 1.807) is 25.7 Å². The highest BCUT2D eigenvalue weighted by Crippen LogP contribution is 2.49. The maximum absolute atomic E-state index is 2.33. The van der Waals surface area contributed by atoms with Crippen molar-refractivity contribution >= 4 is 0 Å². The van der Waals surface area contributed by atoms with Crippen molar-refractivity contribution in [1.82, 2.24) is 0 Å². The number of hydrogen-bond acceptors (Lipinski definition) is 0. The molecule has 2 saturated carbocycles. The van der Waals surface area contributed by atoms with Gasteiger partial charge in [0.15, 0.2) is 0 Å². The molecule has 2 unspecified atom stereocenters. The zero-order valence-electron chi connectivity index (χ0n) is 6.97. The Morgan fingerprint density at radius 1 is 1.20 bits per heavy atom. The molecule has 0 aliphatic heterocycles. The van der Waals surface area contributed by atoms with Gasteiger partial charge < -0.3 is 0 Å². The molecule has 3 atom stereocenters. The van der Waals surface area contributed by atoms with Gasteiger partial charge in [-0.1, -0.05) is 26.2 Å². The highest BCUT2D eigenvalue weighted by Gasteiger charge is 2.38. The molecule has 0 aromatic carbocycles. The standard InChI is InChI=1S/C10H18/c1-2-3-9-6-8-4-5-10(9)7-8/h8-10H,2-7H2,1H3/t8?,9-,10?/m0/s1. The first-order chi connectivity index (χ1) is 4.90. The lowest BCUT2D eigenvalue weighted by Gasteiger charge is -2.20. The van der Waals surface area contributed by atoms with Crippen LogP contribution in [0, 0.1) is 17.8 Å². The molecule has 2 fully saturated rings. The second-order valence-corrected chi connectivity index (χ2v) is 4.22. The lowest BCUT2D eigenvalue weighted by molar-refractivity contribution is 0.312. The maximum Gasteiger partial charge on any atom is -0.0383 e. The van der Waals surface area contributed by atoms with Crippen molar-refractivity contribution in [2.75, 3.05) is 0 Å². The highest BCUT2D eigenvalue weighted by atomic mass is 14.4. The van der Waals surface area contributed by atoms with Gasteiger partial charge in [-0.2, -0.15) is 0 Å². The largest absolute Gasteiger partial charge is 0.0654 e. The predicted molar refractivity (Wildman–Crippen MR) is 43.8 cm³/mol. The summed E-state index contributed by atoms with van der Waals surface area (Å²) in [7, 11) is 0. The van der Waals surface area contributed by atoms with Gasteiger partial charge >= 0.3 is 0 Å². The van der Waals surface area contributed by atoms with Crippen molar-refractivity contribution in [2.24, 2.45) is 17.8 Å². The van der Waals surface area contributed by atoms with Crippen LogP contribution in [0.15, 0.2) is 0 Å². The monoisotopic (exact) mass is 138 g/mol. The Hall–Kier alpha value is 0. The third-order valence-corrected chi connectivity index (χ3v) is 3.54. The van der Waals surface area contributed by atoms with E-state index < -0.39 is 0 Å². The minimum Gasteiger partial charge on any atom is -0.0654 e. The Bertz CT molecular complexity index is 117. The van der Waals surface area contributed by atoms with Gasteiger partial charge in [0.25, 0.3) is 0 Å². The molecule has 0 aromatic heterocycles. The van der Waals surface area contributed by atoms with Crippen molar-refractivity contribution in [3.05, 3.63) is 0 Å². The first-order valence-electron chi connectivity index (χ1n) is 4.90. The molecule has 0 amide bonds. The minimum atomic E-state index is 1.14. The predicted octanol–water partition coefficient (Wildman–Crippen LogP) is 3.22. The van der Waals surface area contributed by atoms with Crippen molar-refractivity contribution in [3.63, 3.8) is 0 Å². The van der Waals surface area contributed by atoms with Crippen LogP contribution in [0.25, 0.3) is 0 Å². The van der Waals surface area contributed by atoms with E-state index in [0.717, 1.165) is 17.8 Å². The summed E-state index contributed by atoms with van der Waals surface area (Å²) >= 11 is 0. The summed E-state index contributed by atoms with van der Waals surface area (Å²) in [5, 5.41) is 0. The van der Waals surface area contributed by atoms with Gasteiger partial charge in [0.2, 0.25) is 0 Å². The molecule has 0 nitrogen and oxygen atoms in total. The first-order valence-corrected chi connectivity index (χ1v) is 4.90.